The molecule has 2 N–H and O–H groups in total. The van der Waals surface area contributed by atoms with Crippen LogP contribution in [0.5, 0.6) is 0 Å². The van der Waals surface area contributed by atoms with E-state index < -0.39 is 12.1 Å². The zero-order chi connectivity index (χ0) is 16.1. The molecule has 0 aromatic carbocycles. The Morgan fingerprint density at radius 2 is 2.18 bits per heavy atom. The number of hydrogen-bond donors (Lipinski definition) is 2. The molecule has 2 rings (SSSR count). The normalized spacial score (nSPS) is 17.7. The minimum atomic E-state index is -0.742. The number of rotatable bonds is 7. The first-order valence-corrected chi connectivity index (χ1v) is 7.51. The van der Waals surface area contributed by atoms with Gasteiger partial charge in [0.25, 0.3) is 5.91 Å². The molecule has 1 fully saturated rings. The molecule has 0 spiro atoms. The Balaban J connectivity index is 1.76. The summed E-state index contributed by atoms with van der Waals surface area (Å²) in [6.07, 6.45) is 3.36. The molecule has 4 amide bonds. The number of hydrogen-bond acceptors (Lipinski definition) is 3. The maximum absolute atomic E-state index is 12.0. The van der Waals surface area contributed by atoms with Crippen LogP contribution in [0.3, 0.4) is 0 Å². The second-order valence-electron chi connectivity index (χ2n) is 5.41. The topological polar surface area (TPSA) is 83.4 Å². The van der Waals surface area contributed by atoms with Crippen molar-refractivity contribution in [3.63, 3.8) is 0 Å². The fraction of sp³-hybridized carbons (Fsp3) is 0.533. The number of urea groups is 1. The SMILES string of the molecule is CCCN1C(=O)NC(CC(=O)NCCc2cccn2C)C1=O. The summed E-state index contributed by atoms with van der Waals surface area (Å²) in [6, 6.07) is 2.80. The summed E-state index contributed by atoms with van der Waals surface area (Å²) in [7, 11) is 1.95. The molecule has 0 bridgehead atoms. The Kier molecular flexibility index (Phi) is 5.19. The number of carbonyl (C=O) groups excluding carboxylic acids is 3. The van der Waals surface area contributed by atoms with E-state index in [1.54, 1.807) is 0 Å². The van der Waals surface area contributed by atoms with E-state index in [2.05, 4.69) is 10.6 Å². The highest BCUT2D eigenvalue weighted by Gasteiger charge is 2.38. The number of imide groups is 1. The molecule has 1 unspecified atom stereocenters. The quantitative estimate of drug-likeness (QED) is 0.716. The number of nitrogens with one attached hydrogen (secondary N) is 2. The smallest absolute Gasteiger partial charge is 0.324 e. The lowest BCUT2D eigenvalue weighted by molar-refractivity contribution is -0.130. The predicted molar refractivity (Wildman–Crippen MR) is 81.1 cm³/mol. The first-order valence-electron chi connectivity index (χ1n) is 7.51. The van der Waals surface area contributed by atoms with Gasteiger partial charge in [0.1, 0.15) is 6.04 Å². The van der Waals surface area contributed by atoms with Crippen molar-refractivity contribution in [3.8, 4) is 0 Å². The average Bonchev–Trinajstić information content (AvgIpc) is 2.98. The van der Waals surface area contributed by atoms with Crippen molar-refractivity contribution in [2.24, 2.45) is 7.05 Å². The lowest BCUT2D eigenvalue weighted by atomic mass is 10.2. The van der Waals surface area contributed by atoms with Gasteiger partial charge in [-0.1, -0.05) is 6.92 Å². The monoisotopic (exact) mass is 306 g/mol. The van der Waals surface area contributed by atoms with Gasteiger partial charge in [-0.2, -0.15) is 0 Å². The van der Waals surface area contributed by atoms with Gasteiger partial charge < -0.3 is 15.2 Å². The minimum absolute atomic E-state index is 0.0159. The third kappa shape index (κ3) is 3.66. The highest BCUT2D eigenvalue weighted by molar-refractivity contribution is 6.05. The molecule has 1 aromatic rings. The molecule has 1 aromatic heterocycles. The third-order valence-corrected chi connectivity index (χ3v) is 3.70. The van der Waals surface area contributed by atoms with E-state index in [1.807, 2.05) is 36.9 Å². The molecule has 0 radical (unpaired) electrons. The molecule has 0 aliphatic carbocycles. The summed E-state index contributed by atoms with van der Waals surface area (Å²) < 4.78 is 2.00. The minimum Gasteiger partial charge on any atom is -0.356 e. The van der Waals surface area contributed by atoms with Gasteiger partial charge >= 0.3 is 6.03 Å². The molecule has 22 heavy (non-hydrogen) atoms. The maximum Gasteiger partial charge on any atom is 0.324 e. The van der Waals surface area contributed by atoms with Crippen LogP contribution in [0.1, 0.15) is 25.5 Å². The number of carbonyl (C=O) groups is 3. The second kappa shape index (κ2) is 7.11. The van der Waals surface area contributed by atoms with Crippen LogP contribution in [0.2, 0.25) is 0 Å². The van der Waals surface area contributed by atoms with Crippen LogP contribution >= 0.6 is 0 Å². The Bertz CT molecular complexity index is 567. The zero-order valence-corrected chi connectivity index (χ0v) is 13.0. The Labute approximate surface area is 129 Å². The number of nitrogens with zero attached hydrogens (tertiary/aromatic N) is 2. The van der Waals surface area contributed by atoms with Crippen LogP contribution in [0, 0.1) is 0 Å². The highest BCUT2D eigenvalue weighted by atomic mass is 16.2. The van der Waals surface area contributed by atoms with Crippen LogP contribution in [-0.2, 0) is 23.1 Å². The van der Waals surface area contributed by atoms with E-state index in [9.17, 15) is 14.4 Å². The molecule has 2 heterocycles. The van der Waals surface area contributed by atoms with Crippen molar-refractivity contribution in [1.29, 1.82) is 0 Å². The summed E-state index contributed by atoms with van der Waals surface area (Å²) in [5.74, 6) is -0.546. The summed E-state index contributed by atoms with van der Waals surface area (Å²) in [5, 5.41) is 5.34. The lowest BCUT2D eigenvalue weighted by Crippen LogP contribution is -2.37. The molecule has 1 atom stereocenters. The van der Waals surface area contributed by atoms with Crippen molar-refractivity contribution in [3.05, 3.63) is 24.0 Å². The summed E-state index contributed by atoms with van der Waals surface area (Å²) in [6.45, 7) is 2.78. The highest BCUT2D eigenvalue weighted by Crippen LogP contribution is 2.10. The number of amides is 4. The van der Waals surface area contributed by atoms with Crippen molar-refractivity contribution < 1.29 is 14.4 Å². The Morgan fingerprint density at radius 1 is 1.41 bits per heavy atom. The third-order valence-electron chi connectivity index (χ3n) is 3.70. The van der Waals surface area contributed by atoms with Crippen molar-refractivity contribution >= 4 is 17.8 Å². The van der Waals surface area contributed by atoms with Gasteiger partial charge in [-0.3, -0.25) is 14.5 Å². The fourth-order valence-corrected chi connectivity index (χ4v) is 2.49. The number of aromatic nitrogens is 1. The van der Waals surface area contributed by atoms with Crippen molar-refractivity contribution in [1.82, 2.24) is 20.1 Å². The largest absolute Gasteiger partial charge is 0.356 e. The van der Waals surface area contributed by atoms with Crippen molar-refractivity contribution in [2.45, 2.75) is 32.2 Å². The van der Waals surface area contributed by atoms with Gasteiger partial charge in [0.2, 0.25) is 5.91 Å². The molecule has 1 aliphatic rings. The van der Waals surface area contributed by atoms with Crippen LogP contribution in [0.25, 0.3) is 0 Å². The average molecular weight is 306 g/mol. The van der Waals surface area contributed by atoms with E-state index in [0.29, 0.717) is 19.5 Å². The first kappa shape index (κ1) is 16.1. The Hall–Kier alpha value is -2.31. The Morgan fingerprint density at radius 3 is 2.82 bits per heavy atom. The first-order chi connectivity index (χ1) is 10.5. The molecular weight excluding hydrogens is 284 g/mol. The molecule has 1 aliphatic heterocycles. The molecule has 1 saturated heterocycles. The van der Waals surface area contributed by atoms with Gasteiger partial charge in [0.05, 0.1) is 6.42 Å². The maximum atomic E-state index is 12.0. The molecule has 7 heteroatoms. The van der Waals surface area contributed by atoms with E-state index >= 15 is 0 Å². The van der Waals surface area contributed by atoms with Crippen LogP contribution < -0.4 is 10.6 Å². The van der Waals surface area contributed by atoms with Gasteiger partial charge in [0.15, 0.2) is 0 Å². The number of aryl methyl sites for hydroxylation is 1. The summed E-state index contributed by atoms with van der Waals surface area (Å²) in [5.41, 5.74) is 1.12. The summed E-state index contributed by atoms with van der Waals surface area (Å²) in [4.78, 5) is 36.7. The van der Waals surface area contributed by atoms with Crippen LogP contribution in [-0.4, -0.2) is 46.4 Å². The van der Waals surface area contributed by atoms with Gasteiger partial charge in [-0.25, -0.2) is 4.79 Å². The van der Waals surface area contributed by atoms with E-state index in [0.717, 1.165) is 12.1 Å². The summed E-state index contributed by atoms with van der Waals surface area (Å²) >= 11 is 0. The standard InChI is InChI=1S/C15H22N4O3/c1-3-8-19-14(21)12(17-15(19)22)10-13(20)16-7-6-11-5-4-9-18(11)2/h4-5,9,12H,3,6-8,10H2,1-2H3,(H,16,20)(H,17,22). The molecular formula is C15H22N4O3. The van der Waals surface area contributed by atoms with E-state index in [-0.39, 0.29) is 18.2 Å². The predicted octanol–water partition coefficient (Wildman–Crippen LogP) is 0.404. The van der Waals surface area contributed by atoms with Gasteiger partial charge in [-0.05, 0) is 18.6 Å². The van der Waals surface area contributed by atoms with Crippen LogP contribution in [0.4, 0.5) is 4.79 Å². The van der Waals surface area contributed by atoms with E-state index in [4.69, 9.17) is 0 Å². The molecule has 0 saturated carbocycles. The fourth-order valence-electron chi connectivity index (χ4n) is 2.49. The molecule has 120 valence electrons. The lowest BCUT2D eigenvalue weighted by Gasteiger charge is -2.11. The molecule has 7 nitrogen and oxygen atoms in total. The van der Waals surface area contributed by atoms with Gasteiger partial charge in [-0.15, -0.1) is 0 Å². The van der Waals surface area contributed by atoms with Gasteiger partial charge in [0, 0.05) is 38.4 Å². The van der Waals surface area contributed by atoms with Crippen molar-refractivity contribution in [2.75, 3.05) is 13.1 Å². The van der Waals surface area contributed by atoms with Crippen LogP contribution in [0.15, 0.2) is 18.3 Å². The zero-order valence-electron chi connectivity index (χ0n) is 13.0. The second-order valence-corrected chi connectivity index (χ2v) is 5.41. The van der Waals surface area contributed by atoms with E-state index in [1.165, 1.54) is 4.90 Å².